The number of aryl methyl sites for hydroxylation is 1. The fourth-order valence-corrected chi connectivity index (χ4v) is 1.74. The molecule has 76 valence electrons. The Hall–Kier alpha value is -0.820. The van der Waals surface area contributed by atoms with E-state index >= 15 is 0 Å². The zero-order valence-corrected chi connectivity index (χ0v) is 9.77. The van der Waals surface area contributed by atoms with Crippen LogP contribution >= 0.6 is 11.6 Å². The molecule has 0 spiro atoms. The highest BCUT2D eigenvalue weighted by atomic mass is 35.5. The van der Waals surface area contributed by atoms with Crippen molar-refractivity contribution in [3.05, 3.63) is 34.9 Å². The Balaban J connectivity index is 3.21. The molecule has 0 fully saturated rings. The second kappa shape index (κ2) is 3.74. The zero-order valence-electron chi connectivity index (χ0n) is 9.02. The van der Waals surface area contributed by atoms with Crippen LogP contribution in [0.5, 0.6) is 0 Å². The minimum atomic E-state index is -0.395. The molecule has 0 N–H and O–H groups in total. The first-order valence-corrected chi connectivity index (χ1v) is 5.01. The van der Waals surface area contributed by atoms with Crippen molar-refractivity contribution in [1.29, 1.82) is 0 Å². The monoisotopic (exact) mass is 210 g/mol. The van der Waals surface area contributed by atoms with Crippen molar-refractivity contribution >= 4 is 16.8 Å². The van der Waals surface area contributed by atoms with E-state index < -0.39 is 5.24 Å². The van der Waals surface area contributed by atoms with Gasteiger partial charge in [-0.05, 0) is 47.2 Å². The van der Waals surface area contributed by atoms with E-state index in [-0.39, 0.29) is 5.41 Å². The molecular weight excluding hydrogens is 196 g/mol. The number of halogens is 1. The molecule has 1 aromatic carbocycles. The highest BCUT2D eigenvalue weighted by molar-refractivity contribution is 6.67. The second-order valence-corrected chi connectivity index (χ2v) is 4.90. The molecule has 0 aliphatic heterocycles. The van der Waals surface area contributed by atoms with Crippen molar-refractivity contribution in [3.63, 3.8) is 0 Å². The van der Waals surface area contributed by atoms with Gasteiger partial charge < -0.3 is 0 Å². The van der Waals surface area contributed by atoms with Gasteiger partial charge in [0.1, 0.15) is 0 Å². The van der Waals surface area contributed by atoms with Crippen LogP contribution in [-0.4, -0.2) is 5.24 Å². The van der Waals surface area contributed by atoms with Crippen molar-refractivity contribution in [2.24, 2.45) is 0 Å². The van der Waals surface area contributed by atoms with E-state index in [9.17, 15) is 4.79 Å². The summed E-state index contributed by atoms with van der Waals surface area (Å²) in [4.78, 5) is 10.9. The fourth-order valence-electron chi connectivity index (χ4n) is 1.63. The molecule has 0 amide bonds. The maximum atomic E-state index is 10.9. The summed E-state index contributed by atoms with van der Waals surface area (Å²) in [5.74, 6) is 0. The largest absolute Gasteiger partial charge is 0.276 e. The summed E-state index contributed by atoms with van der Waals surface area (Å²) < 4.78 is 0. The maximum absolute atomic E-state index is 10.9. The molecule has 0 aliphatic rings. The van der Waals surface area contributed by atoms with E-state index in [1.807, 2.05) is 19.1 Å². The molecule has 0 saturated carbocycles. The SMILES string of the molecule is Cc1cc(C(=O)Cl)ccc1C(C)(C)C. The van der Waals surface area contributed by atoms with Crippen molar-refractivity contribution < 1.29 is 4.79 Å². The van der Waals surface area contributed by atoms with E-state index in [0.717, 1.165) is 5.56 Å². The summed E-state index contributed by atoms with van der Waals surface area (Å²) in [6.07, 6.45) is 0. The minimum Gasteiger partial charge on any atom is -0.276 e. The Morgan fingerprint density at radius 3 is 2.21 bits per heavy atom. The molecular formula is C12H15ClO. The molecule has 0 aliphatic carbocycles. The maximum Gasteiger partial charge on any atom is 0.252 e. The van der Waals surface area contributed by atoms with Gasteiger partial charge in [0.05, 0.1) is 0 Å². The number of rotatable bonds is 1. The van der Waals surface area contributed by atoms with Crippen molar-refractivity contribution in [3.8, 4) is 0 Å². The van der Waals surface area contributed by atoms with E-state index in [1.54, 1.807) is 6.07 Å². The third-order valence-electron chi connectivity index (χ3n) is 2.26. The molecule has 1 nitrogen and oxygen atoms in total. The van der Waals surface area contributed by atoms with Crippen LogP contribution in [0, 0.1) is 6.92 Å². The van der Waals surface area contributed by atoms with Crippen molar-refractivity contribution in [2.75, 3.05) is 0 Å². The Labute approximate surface area is 90.1 Å². The first-order valence-electron chi connectivity index (χ1n) is 4.63. The topological polar surface area (TPSA) is 17.1 Å². The number of carbonyl (C=O) groups excluding carboxylic acids is 1. The summed E-state index contributed by atoms with van der Waals surface area (Å²) >= 11 is 5.40. The van der Waals surface area contributed by atoms with Crippen LogP contribution in [-0.2, 0) is 5.41 Å². The first kappa shape index (κ1) is 11.3. The first-order chi connectivity index (χ1) is 6.32. The highest BCUT2D eigenvalue weighted by Gasteiger charge is 2.16. The standard InChI is InChI=1S/C12H15ClO/c1-8-7-9(11(13)14)5-6-10(8)12(2,3)4/h5-7H,1-4H3. The van der Waals surface area contributed by atoms with E-state index in [4.69, 9.17) is 11.6 Å². The molecule has 0 aromatic heterocycles. The van der Waals surface area contributed by atoms with E-state index in [0.29, 0.717) is 5.56 Å². The predicted octanol–water partition coefficient (Wildman–Crippen LogP) is 3.67. The van der Waals surface area contributed by atoms with Gasteiger partial charge in [-0.2, -0.15) is 0 Å². The molecule has 1 aromatic rings. The molecule has 0 saturated heterocycles. The summed E-state index contributed by atoms with van der Waals surface area (Å²) in [7, 11) is 0. The third kappa shape index (κ3) is 2.36. The van der Waals surface area contributed by atoms with Gasteiger partial charge in [0, 0.05) is 5.56 Å². The Morgan fingerprint density at radius 2 is 1.86 bits per heavy atom. The van der Waals surface area contributed by atoms with Crippen LogP contribution in [0.1, 0.15) is 42.3 Å². The van der Waals surface area contributed by atoms with Gasteiger partial charge in [-0.1, -0.05) is 26.8 Å². The Bertz CT molecular complexity index is 361. The van der Waals surface area contributed by atoms with Crippen LogP contribution in [0.4, 0.5) is 0 Å². The predicted molar refractivity (Wildman–Crippen MR) is 60.1 cm³/mol. The number of carbonyl (C=O) groups is 1. The second-order valence-electron chi connectivity index (χ2n) is 4.55. The minimum absolute atomic E-state index is 0.109. The molecule has 0 atom stereocenters. The molecule has 0 radical (unpaired) electrons. The lowest BCUT2D eigenvalue weighted by Gasteiger charge is -2.21. The normalized spacial score (nSPS) is 11.5. The number of hydrogen-bond donors (Lipinski definition) is 0. The molecule has 0 bridgehead atoms. The summed E-state index contributed by atoms with van der Waals surface area (Å²) in [5, 5.41) is -0.395. The number of hydrogen-bond acceptors (Lipinski definition) is 1. The smallest absolute Gasteiger partial charge is 0.252 e. The van der Waals surface area contributed by atoms with Gasteiger partial charge in [-0.15, -0.1) is 0 Å². The van der Waals surface area contributed by atoms with Crippen molar-refractivity contribution in [1.82, 2.24) is 0 Å². The van der Waals surface area contributed by atoms with Gasteiger partial charge in [0.2, 0.25) is 0 Å². The molecule has 2 heteroatoms. The van der Waals surface area contributed by atoms with Crippen molar-refractivity contribution in [2.45, 2.75) is 33.1 Å². The highest BCUT2D eigenvalue weighted by Crippen LogP contribution is 2.26. The van der Waals surface area contributed by atoms with Gasteiger partial charge in [0.15, 0.2) is 0 Å². The molecule has 1 rings (SSSR count). The molecule has 0 unspecified atom stereocenters. The fraction of sp³-hybridized carbons (Fsp3) is 0.417. The van der Waals surface area contributed by atoms with Crippen LogP contribution in [0.25, 0.3) is 0 Å². The summed E-state index contributed by atoms with van der Waals surface area (Å²) in [6.45, 7) is 8.45. The van der Waals surface area contributed by atoms with Crippen LogP contribution in [0.15, 0.2) is 18.2 Å². The average molecular weight is 211 g/mol. The van der Waals surface area contributed by atoms with E-state index in [1.165, 1.54) is 5.56 Å². The van der Waals surface area contributed by atoms with Crippen LogP contribution < -0.4 is 0 Å². The third-order valence-corrected chi connectivity index (χ3v) is 2.48. The lowest BCUT2D eigenvalue weighted by Crippen LogP contribution is -2.13. The molecule has 14 heavy (non-hydrogen) atoms. The van der Waals surface area contributed by atoms with Crippen LogP contribution in [0.2, 0.25) is 0 Å². The van der Waals surface area contributed by atoms with Gasteiger partial charge in [-0.25, -0.2) is 0 Å². The Kier molecular flexibility index (Phi) is 3.01. The molecule has 0 heterocycles. The number of benzene rings is 1. The quantitative estimate of drug-likeness (QED) is 0.647. The summed E-state index contributed by atoms with van der Waals surface area (Å²) in [5.41, 5.74) is 3.04. The van der Waals surface area contributed by atoms with Gasteiger partial charge in [-0.3, -0.25) is 4.79 Å². The lowest BCUT2D eigenvalue weighted by molar-refractivity contribution is 0.108. The average Bonchev–Trinajstić information content (AvgIpc) is 2.01. The van der Waals surface area contributed by atoms with Gasteiger partial charge in [0.25, 0.3) is 5.24 Å². The zero-order chi connectivity index (χ0) is 10.9. The summed E-state index contributed by atoms with van der Waals surface area (Å²) in [6, 6.07) is 5.60. The van der Waals surface area contributed by atoms with Crippen LogP contribution in [0.3, 0.4) is 0 Å². The van der Waals surface area contributed by atoms with Gasteiger partial charge >= 0.3 is 0 Å². The Morgan fingerprint density at radius 1 is 1.29 bits per heavy atom. The van der Waals surface area contributed by atoms with E-state index in [2.05, 4.69) is 20.8 Å². The lowest BCUT2D eigenvalue weighted by atomic mass is 9.83.